The Hall–Kier alpha value is -4.93. The number of benzene rings is 3. The average Bonchev–Trinajstić information content (AvgIpc) is 3.42. The Balaban J connectivity index is 1.27. The van der Waals surface area contributed by atoms with E-state index in [2.05, 4.69) is 10.3 Å². The Morgan fingerprint density at radius 3 is 2.29 bits per heavy atom. The van der Waals surface area contributed by atoms with Gasteiger partial charge in [-0.15, -0.1) is 0 Å². The maximum absolute atomic E-state index is 13.2. The summed E-state index contributed by atoms with van der Waals surface area (Å²) >= 11 is 0. The number of halogens is 4. The van der Waals surface area contributed by atoms with E-state index in [0.717, 1.165) is 41.8 Å². The van der Waals surface area contributed by atoms with Gasteiger partial charge in [0.05, 0.1) is 17.9 Å². The lowest BCUT2D eigenvalue weighted by Crippen LogP contribution is -2.37. The van der Waals surface area contributed by atoms with E-state index in [0.29, 0.717) is 48.6 Å². The fourth-order valence-electron chi connectivity index (χ4n) is 4.58. The number of carboxylic acid groups (broad SMARTS) is 1. The molecule has 0 aliphatic carbocycles. The lowest BCUT2D eigenvalue weighted by molar-refractivity contribution is -0.139. The molecule has 3 aromatic carbocycles. The van der Waals surface area contributed by atoms with Crippen LogP contribution in [0.3, 0.4) is 0 Å². The second kappa shape index (κ2) is 14.7. The molecule has 236 valence electrons. The number of hydrogen-bond acceptors (Lipinski definition) is 6. The molecule has 7 nitrogen and oxygen atoms in total. The first-order valence-corrected chi connectivity index (χ1v) is 14.3. The third-order valence-electron chi connectivity index (χ3n) is 6.92. The maximum atomic E-state index is 13.2. The van der Waals surface area contributed by atoms with E-state index < -0.39 is 29.5 Å². The van der Waals surface area contributed by atoms with Gasteiger partial charge in [0.2, 0.25) is 5.89 Å². The molecule has 1 aromatic heterocycles. The average molecular weight is 625 g/mol. The van der Waals surface area contributed by atoms with E-state index >= 15 is 0 Å². The minimum absolute atomic E-state index is 0.0493. The van der Waals surface area contributed by atoms with Gasteiger partial charge in [0, 0.05) is 35.7 Å². The number of nitrogens with zero attached hydrogens (tertiary/aromatic N) is 1. The quantitative estimate of drug-likeness (QED) is 0.0651. The summed E-state index contributed by atoms with van der Waals surface area (Å²) in [5.41, 5.74) is 1.69. The number of nitrogens with one attached hydrogen (secondary N) is 1. The summed E-state index contributed by atoms with van der Waals surface area (Å²) in [6, 6.07) is 15.7. The minimum Gasteiger partial charge on any atom is -0.494 e. The molecule has 2 N–H and O–H groups in total. The Morgan fingerprint density at radius 1 is 1.02 bits per heavy atom. The van der Waals surface area contributed by atoms with Crippen molar-refractivity contribution >= 4 is 11.8 Å². The molecule has 0 aliphatic heterocycles. The number of carbonyl (C=O) groups is 2. The molecule has 0 saturated heterocycles. The topological polar surface area (TPSA) is 102 Å². The van der Waals surface area contributed by atoms with E-state index in [1.165, 1.54) is 19.1 Å². The SMILES string of the molecule is CCc1oc(-c2ccc(F)cc2)nc1CCCOc1ccc(C[C@H](N/C(C)=C/C(=O)c2ccc(C(F)(F)F)cc2)C(=O)O)cc1. The van der Waals surface area contributed by atoms with Crippen LogP contribution in [0.15, 0.2) is 89.0 Å². The molecule has 0 fully saturated rings. The van der Waals surface area contributed by atoms with Crippen LogP contribution in [0, 0.1) is 5.82 Å². The number of ketones is 1. The zero-order chi connectivity index (χ0) is 32.6. The monoisotopic (exact) mass is 624 g/mol. The van der Waals surface area contributed by atoms with Gasteiger partial charge in [-0.3, -0.25) is 4.79 Å². The van der Waals surface area contributed by atoms with Gasteiger partial charge in [0.1, 0.15) is 23.4 Å². The molecular weight excluding hydrogens is 592 g/mol. The largest absolute Gasteiger partial charge is 0.494 e. The molecule has 11 heteroatoms. The summed E-state index contributed by atoms with van der Waals surface area (Å²) < 4.78 is 63.3. The van der Waals surface area contributed by atoms with Crippen molar-refractivity contribution in [2.75, 3.05) is 6.61 Å². The number of carbonyl (C=O) groups excluding carboxylic acids is 1. The van der Waals surface area contributed by atoms with Crippen molar-refractivity contribution < 1.29 is 41.4 Å². The van der Waals surface area contributed by atoms with Crippen LogP contribution in [0.4, 0.5) is 17.6 Å². The molecule has 0 bridgehead atoms. The molecule has 0 unspecified atom stereocenters. The summed E-state index contributed by atoms with van der Waals surface area (Å²) in [6.07, 6.45) is -1.27. The fourth-order valence-corrected chi connectivity index (χ4v) is 4.58. The molecule has 0 amide bonds. The van der Waals surface area contributed by atoms with Crippen molar-refractivity contribution in [3.05, 3.63) is 119 Å². The van der Waals surface area contributed by atoms with Gasteiger partial charge < -0.3 is 19.6 Å². The Morgan fingerprint density at radius 2 is 1.69 bits per heavy atom. The molecule has 1 heterocycles. The Labute approximate surface area is 257 Å². The molecule has 0 spiro atoms. The number of aliphatic carboxylic acids is 1. The van der Waals surface area contributed by atoms with E-state index in [4.69, 9.17) is 9.15 Å². The molecule has 45 heavy (non-hydrogen) atoms. The Bertz CT molecular complexity index is 1630. The van der Waals surface area contributed by atoms with Crippen LogP contribution in [0.2, 0.25) is 0 Å². The molecule has 0 aliphatic rings. The second-order valence-corrected chi connectivity index (χ2v) is 10.4. The number of aryl methyl sites for hydroxylation is 2. The van der Waals surface area contributed by atoms with Crippen LogP contribution in [-0.2, 0) is 30.2 Å². The lowest BCUT2D eigenvalue weighted by atomic mass is 10.0. The molecule has 0 saturated carbocycles. The van der Waals surface area contributed by atoms with E-state index in [-0.39, 0.29) is 23.5 Å². The molecule has 4 rings (SSSR count). The highest BCUT2D eigenvalue weighted by molar-refractivity contribution is 6.04. The van der Waals surface area contributed by atoms with Crippen LogP contribution in [0.1, 0.15) is 53.2 Å². The van der Waals surface area contributed by atoms with Crippen molar-refractivity contribution in [2.45, 2.75) is 51.7 Å². The van der Waals surface area contributed by atoms with Crippen LogP contribution >= 0.6 is 0 Å². The zero-order valence-electron chi connectivity index (χ0n) is 24.7. The third kappa shape index (κ3) is 9.28. The number of alkyl halides is 3. The molecule has 1 atom stereocenters. The standard InChI is InChI=1S/C34H32F4N2O5/c1-3-31-28(40-32(45-31)24-10-14-26(35)15-11-24)5-4-18-44-27-16-6-22(7-17-27)20-29(33(42)43)39-21(2)19-30(41)23-8-12-25(13-9-23)34(36,37)38/h6-17,19,29,39H,3-5,18,20H2,1-2H3,(H,42,43)/b21-19+/t29-/m0/s1. The van der Waals surface area contributed by atoms with Crippen LogP contribution in [-0.4, -0.2) is 34.5 Å². The summed E-state index contributed by atoms with van der Waals surface area (Å²) in [4.78, 5) is 29.0. The first kappa shape index (κ1) is 33.0. The van der Waals surface area contributed by atoms with E-state index in [1.807, 2.05) is 6.92 Å². The highest BCUT2D eigenvalue weighted by Crippen LogP contribution is 2.29. The first-order valence-electron chi connectivity index (χ1n) is 14.3. The van der Waals surface area contributed by atoms with Gasteiger partial charge in [-0.25, -0.2) is 14.2 Å². The van der Waals surface area contributed by atoms with Crippen molar-refractivity contribution in [1.82, 2.24) is 10.3 Å². The normalized spacial score (nSPS) is 12.5. The predicted molar refractivity (Wildman–Crippen MR) is 159 cm³/mol. The summed E-state index contributed by atoms with van der Waals surface area (Å²) in [7, 11) is 0. The van der Waals surface area contributed by atoms with E-state index in [1.54, 1.807) is 36.4 Å². The summed E-state index contributed by atoms with van der Waals surface area (Å²) in [5, 5.41) is 12.5. The van der Waals surface area contributed by atoms with Gasteiger partial charge in [0.25, 0.3) is 0 Å². The van der Waals surface area contributed by atoms with Gasteiger partial charge >= 0.3 is 12.1 Å². The maximum Gasteiger partial charge on any atom is 0.416 e. The molecule has 0 radical (unpaired) electrons. The highest BCUT2D eigenvalue weighted by atomic mass is 19.4. The van der Waals surface area contributed by atoms with Gasteiger partial charge in [-0.2, -0.15) is 13.2 Å². The zero-order valence-corrected chi connectivity index (χ0v) is 24.7. The summed E-state index contributed by atoms with van der Waals surface area (Å²) in [6.45, 7) is 3.90. The van der Waals surface area contributed by atoms with Crippen molar-refractivity contribution in [1.29, 1.82) is 0 Å². The number of carboxylic acids is 1. The second-order valence-electron chi connectivity index (χ2n) is 10.4. The highest BCUT2D eigenvalue weighted by Gasteiger charge is 2.30. The van der Waals surface area contributed by atoms with Crippen molar-refractivity contribution in [3.8, 4) is 17.2 Å². The van der Waals surface area contributed by atoms with E-state index in [9.17, 15) is 32.3 Å². The number of aromatic nitrogens is 1. The minimum atomic E-state index is -4.51. The molecule has 4 aromatic rings. The van der Waals surface area contributed by atoms with Crippen LogP contribution in [0.5, 0.6) is 5.75 Å². The number of rotatable bonds is 14. The number of hydrogen-bond donors (Lipinski definition) is 2. The van der Waals surface area contributed by atoms with Gasteiger partial charge in [-0.05, 0) is 73.9 Å². The smallest absolute Gasteiger partial charge is 0.416 e. The fraction of sp³-hybridized carbons (Fsp3) is 0.265. The number of allylic oxidation sites excluding steroid dienone is 2. The van der Waals surface area contributed by atoms with Crippen LogP contribution in [0.25, 0.3) is 11.5 Å². The number of oxazole rings is 1. The predicted octanol–water partition coefficient (Wildman–Crippen LogP) is 7.45. The summed E-state index contributed by atoms with van der Waals surface area (Å²) in [5.74, 6) is -0.186. The van der Waals surface area contributed by atoms with Crippen molar-refractivity contribution in [2.24, 2.45) is 0 Å². The van der Waals surface area contributed by atoms with Crippen molar-refractivity contribution in [3.63, 3.8) is 0 Å². The van der Waals surface area contributed by atoms with Crippen LogP contribution < -0.4 is 10.1 Å². The molecular formula is C34H32F4N2O5. The lowest BCUT2D eigenvalue weighted by Gasteiger charge is -2.16. The van der Waals surface area contributed by atoms with Gasteiger partial charge in [-0.1, -0.05) is 31.2 Å². The Kier molecular flexibility index (Phi) is 10.8. The first-order chi connectivity index (χ1) is 21.4. The van der Waals surface area contributed by atoms with Gasteiger partial charge in [0.15, 0.2) is 5.78 Å². The third-order valence-corrected chi connectivity index (χ3v) is 6.92. The number of ether oxygens (including phenoxy) is 1.